The molecule has 0 N–H and O–H groups in total. The van der Waals surface area contributed by atoms with Crippen LogP contribution in [0, 0.1) is 0 Å². The SMILES string of the molecule is O=S(=O)(OC1CCCC1Cl)c1ccc(Br)cc1. The van der Waals surface area contributed by atoms with Crippen LogP contribution in [-0.4, -0.2) is 19.9 Å². The van der Waals surface area contributed by atoms with E-state index < -0.39 is 16.2 Å². The summed E-state index contributed by atoms with van der Waals surface area (Å²) in [5.41, 5.74) is 0. The lowest BCUT2D eigenvalue weighted by Gasteiger charge is -2.14. The van der Waals surface area contributed by atoms with Crippen LogP contribution in [-0.2, 0) is 14.3 Å². The molecule has 1 aliphatic rings. The van der Waals surface area contributed by atoms with Gasteiger partial charge >= 0.3 is 0 Å². The largest absolute Gasteiger partial charge is 0.297 e. The molecule has 1 aromatic carbocycles. The van der Waals surface area contributed by atoms with Crippen molar-refractivity contribution in [2.75, 3.05) is 0 Å². The second-order valence-corrected chi connectivity index (χ2v) is 7.04. The first-order valence-electron chi connectivity index (χ1n) is 5.32. The number of alkyl halides is 1. The highest BCUT2D eigenvalue weighted by molar-refractivity contribution is 9.10. The van der Waals surface area contributed by atoms with Gasteiger partial charge in [-0.3, -0.25) is 4.18 Å². The highest BCUT2D eigenvalue weighted by Gasteiger charge is 2.31. The summed E-state index contributed by atoms with van der Waals surface area (Å²) in [5, 5.41) is -0.208. The Bertz CT molecular complexity index is 486. The van der Waals surface area contributed by atoms with Gasteiger partial charge in [-0.05, 0) is 43.5 Å². The van der Waals surface area contributed by atoms with Gasteiger partial charge in [-0.25, -0.2) is 0 Å². The molecular weight excluding hydrogens is 328 g/mol. The third-order valence-corrected chi connectivity index (χ3v) is 5.10. The summed E-state index contributed by atoms with van der Waals surface area (Å²) < 4.78 is 29.9. The van der Waals surface area contributed by atoms with E-state index in [2.05, 4.69) is 15.9 Å². The normalized spacial score (nSPS) is 25.1. The molecule has 2 unspecified atom stereocenters. The van der Waals surface area contributed by atoms with E-state index >= 15 is 0 Å². The van der Waals surface area contributed by atoms with Crippen molar-refractivity contribution in [3.05, 3.63) is 28.7 Å². The fourth-order valence-electron chi connectivity index (χ4n) is 1.81. The van der Waals surface area contributed by atoms with E-state index in [0.29, 0.717) is 6.42 Å². The molecular formula is C11H12BrClO3S. The number of hydrogen-bond donors (Lipinski definition) is 0. The average molecular weight is 340 g/mol. The molecule has 1 fully saturated rings. The molecule has 94 valence electrons. The van der Waals surface area contributed by atoms with Crippen LogP contribution in [0.25, 0.3) is 0 Å². The summed E-state index contributed by atoms with van der Waals surface area (Å²) in [6.45, 7) is 0. The average Bonchev–Trinajstić information content (AvgIpc) is 2.64. The van der Waals surface area contributed by atoms with Gasteiger partial charge in [0.05, 0.1) is 16.4 Å². The minimum Gasteiger partial charge on any atom is -0.261 e. The first kappa shape index (κ1) is 13.3. The van der Waals surface area contributed by atoms with Gasteiger partial charge in [0.1, 0.15) is 0 Å². The minimum absolute atomic E-state index is 0.163. The van der Waals surface area contributed by atoms with Crippen molar-refractivity contribution in [2.45, 2.75) is 35.6 Å². The smallest absolute Gasteiger partial charge is 0.261 e. The van der Waals surface area contributed by atoms with E-state index in [0.717, 1.165) is 17.3 Å². The van der Waals surface area contributed by atoms with Crippen LogP contribution in [0.3, 0.4) is 0 Å². The van der Waals surface area contributed by atoms with Crippen LogP contribution >= 0.6 is 27.5 Å². The van der Waals surface area contributed by atoms with Crippen molar-refractivity contribution in [2.24, 2.45) is 0 Å². The van der Waals surface area contributed by atoms with Crippen molar-refractivity contribution in [1.82, 2.24) is 0 Å². The molecule has 0 amide bonds. The number of benzene rings is 1. The molecule has 1 aromatic rings. The molecule has 6 heteroatoms. The van der Waals surface area contributed by atoms with Crippen molar-refractivity contribution < 1.29 is 12.6 Å². The maximum absolute atomic E-state index is 11.9. The van der Waals surface area contributed by atoms with Crippen LogP contribution in [0.5, 0.6) is 0 Å². The van der Waals surface area contributed by atoms with Gasteiger partial charge in [-0.1, -0.05) is 15.9 Å². The Morgan fingerprint density at radius 2 is 1.88 bits per heavy atom. The van der Waals surface area contributed by atoms with Gasteiger partial charge in [-0.2, -0.15) is 8.42 Å². The fraction of sp³-hybridized carbons (Fsp3) is 0.455. The first-order valence-corrected chi connectivity index (χ1v) is 7.96. The van der Waals surface area contributed by atoms with E-state index in [1.165, 1.54) is 12.1 Å². The molecule has 0 bridgehead atoms. The Labute approximate surface area is 114 Å². The molecule has 2 rings (SSSR count). The molecule has 1 aliphatic carbocycles. The Morgan fingerprint density at radius 1 is 1.24 bits per heavy atom. The molecule has 3 nitrogen and oxygen atoms in total. The van der Waals surface area contributed by atoms with Crippen LogP contribution in [0.4, 0.5) is 0 Å². The van der Waals surface area contributed by atoms with Crippen molar-refractivity contribution in [3.63, 3.8) is 0 Å². The summed E-state index contributed by atoms with van der Waals surface area (Å²) in [5.74, 6) is 0. The highest BCUT2D eigenvalue weighted by Crippen LogP contribution is 2.29. The molecule has 1 saturated carbocycles. The molecule has 2 atom stereocenters. The fourth-order valence-corrected chi connectivity index (χ4v) is 3.60. The van der Waals surface area contributed by atoms with Gasteiger partial charge in [-0.15, -0.1) is 11.6 Å². The van der Waals surface area contributed by atoms with E-state index in [1.807, 2.05) is 0 Å². The summed E-state index contributed by atoms with van der Waals surface area (Å²) >= 11 is 9.25. The minimum atomic E-state index is -3.70. The van der Waals surface area contributed by atoms with Crippen molar-refractivity contribution >= 4 is 37.6 Å². The second kappa shape index (κ2) is 5.26. The lowest BCUT2D eigenvalue weighted by molar-refractivity contribution is 0.220. The number of halogens is 2. The molecule has 0 heterocycles. The Kier molecular flexibility index (Phi) is 4.13. The third kappa shape index (κ3) is 3.22. The van der Waals surface area contributed by atoms with E-state index in [1.54, 1.807) is 12.1 Å². The lowest BCUT2D eigenvalue weighted by Crippen LogP contribution is -2.22. The molecule has 17 heavy (non-hydrogen) atoms. The van der Waals surface area contributed by atoms with Gasteiger partial charge in [0.15, 0.2) is 0 Å². The topological polar surface area (TPSA) is 43.4 Å². The molecule has 0 aromatic heterocycles. The highest BCUT2D eigenvalue weighted by atomic mass is 79.9. The first-order chi connectivity index (χ1) is 7.99. The number of hydrogen-bond acceptors (Lipinski definition) is 3. The predicted octanol–water partition coefficient (Wildman–Crippen LogP) is 3.31. The monoisotopic (exact) mass is 338 g/mol. The predicted molar refractivity (Wildman–Crippen MR) is 69.7 cm³/mol. The zero-order valence-corrected chi connectivity index (χ0v) is 12.1. The summed E-state index contributed by atoms with van der Waals surface area (Å²) in [4.78, 5) is 0.163. The van der Waals surface area contributed by atoms with Gasteiger partial charge < -0.3 is 0 Å². The summed E-state index contributed by atoms with van der Waals surface area (Å²) in [7, 11) is -3.70. The van der Waals surface area contributed by atoms with E-state index in [4.69, 9.17) is 15.8 Å². The zero-order chi connectivity index (χ0) is 12.5. The third-order valence-electron chi connectivity index (χ3n) is 2.72. The van der Waals surface area contributed by atoms with Crippen molar-refractivity contribution in [3.8, 4) is 0 Å². The summed E-state index contributed by atoms with van der Waals surface area (Å²) in [6, 6.07) is 6.36. The standard InChI is InChI=1S/C11H12BrClO3S/c12-8-4-6-9(7-5-8)17(14,15)16-11-3-1-2-10(11)13/h4-7,10-11H,1-3H2. The van der Waals surface area contributed by atoms with Crippen LogP contribution in [0.1, 0.15) is 19.3 Å². The second-order valence-electron chi connectivity index (χ2n) is 3.99. The van der Waals surface area contributed by atoms with Crippen LogP contribution in [0.2, 0.25) is 0 Å². The van der Waals surface area contributed by atoms with E-state index in [9.17, 15) is 8.42 Å². The molecule has 0 aliphatic heterocycles. The molecule has 0 saturated heterocycles. The van der Waals surface area contributed by atoms with E-state index in [-0.39, 0.29) is 10.3 Å². The Balaban J connectivity index is 2.16. The lowest BCUT2D eigenvalue weighted by atomic mass is 10.3. The van der Waals surface area contributed by atoms with Gasteiger partial charge in [0.25, 0.3) is 10.1 Å². The van der Waals surface area contributed by atoms with Gasteiger partial charge in [0.2, 0.25) is 0 Å². The Morgan fingerprint density at radius 3 is 2.41 bits per heavy atom. The molecule has 0 radical (unpaired) electrons. The van der Waals surface area contributed by atoms with Crippen LogP contribution in [0.15, 0.2) is 33.6 Å². The zero-order valence-electron chi connectivity index (χ0n) is 8.97. The Hall–Kier alpha value is -0.100. The van der Waals surface area contributed by atoms with Gasteiger partial charge in [0, 0.05) is 4.47 Å². The van der Waals surface area contributed by atoms with Crippen molar-refractivity contribution in [1.29, 1.82) is 0 Å². The maximum atomic E-state index is 11.9. The maximum Gasteiger partial charge on any atom is 0.297 e. The summed E-state index contributed by atoms with van der Waals surface area (Å²) in [6.07, 6.45) is 2.02. The molecule has 0 spiro atoms. The number of rotatable bonds is 3. The van der Waals surface area contributed by atoms with Crippen LogP contribution < -0.4 is 0 Å². The quantitative estimate of drug-likeness (QED) is 0.627.